The Bertz CT molecular complexity index is 1440. The number of aryl methyl sites for hydroxylation is 2. The van der Waals surface area contributed by atoms with Gasteiger partial charge in [0.05, 0.1) is 17.3 Å². The van der Waals surface area contributed by atoms with Crippen LogP contribution in [-0.4, -0.2) is 24.5 Å². The molecule has 0 aliphatic carbocycles. The van der Waals surface area contributed by atoms with E-state index in [2.05, 4.69) is 5.32 Å². The molecular formula is C26H23ClN2O4S. The molecule has 6 nitrogen and oxygen atoms in total. The van der Waals surface area contributed by atoms with Gasteiger partial charge in [-0.1, -0.05) is 54.1 Å². The lowest BCUT2D eigenvalue weighted by Gasteiger charge is -2.17. The highest BCUT2D eigenvalue weighted by Gasteiger charge is 2.42. The van der Waals surface area contributed by atoms with Crippen molar-refractivity contribution in [2.45, 2.75) is 27.3 Å². The summed E-state index contributed by atoms with van der Waals surface area (Å²) in [5.41, 5.74) is 4.14. The third kappa shape index (κ3) is 4.36. The number of benzene rings is 3. The number of hydrogen-bond donors (Lipinski definition) is 1. The first-order valence-corrected chi connectivity index (χ1v) is 12.4. The second-order valence-electron chi connectivity index (χ2n) is 8.20. The number of amides is 2. The van der Waals surface area contributed by atoms with Crippen LogP contribution < -0.4 is 5.32 Å². The predicted molar refractivity (Wildman–Crippen MR) is 134 cm³/mol. The van der Waals surface area contributed by atoms with Gasteiger partial charge in [-0.3, -0.25) is 9.59 Å². The highest BCUT2D eigenvalue weighted by molar-refractivity contribution is 7.99. The average Bonchev–Trinajstić information content (AvgIpc) is 2.97. The summed E-state index contributed by atoms with van der Waals surface area (Å²) >= 11 is 6.09. The number of anilines is 1. The molecule has 1 aliphatic heterocycles. The molecular weight excluding hydrogens is 472 g/mol. The van der Waals surface area contributed by atoms with Crippen LogP contribution >= 0.6 is 11.6 Å². The number of halogens is 1. The van der Waals surface area contributed by atoms with Crippen LogP contribution in [0.15, 0.2) is 72.3 Å². The monoisotopic (exact) mass is 494 g/mol. The lowest BCUT2D eigenvalue weighted by atomic mass is 10.0. The van der Waals surface area contributed by atoms with Gasteiger partial charge in [0.15, 0.2) is 0 Å². The van der Waals surface area contributed by atoms with Crippen LogP contribution in [-0.2, 0) is 21.4 Å². The van der Waals surface area contributed by atoms with E-state index in [1.54, 1.807) is 60.7 Å². The molecule has 0 atom stereocenters. The number of nitrogens with zero attached hydrogens (tertiary/aromatic N) is 1. The van der Waals surface area contributed by atoms with Crippen LogP contribution in [0.1, 0.15) is 39.5 Å². The molecule has 34 heavy (non-hydrogen) atoms. The molecule has 3 aromatic carbocycles. The number of rotatable bonds is 5. The second kappa shape index (κ2) is 9.08. The van der Waals surface area contributed by atoms with Crippen LogP contribution in [0.25, 0.3) is 4.91 Å². The summed E-state index contributed by atoms with van der Waals surface area (Å²) in [5.74, 6) is -0.896. The van der Waals surface area contributed by atoms with Crippen LogP contribution in [0, 0.1) is 13.8 Å². The van der Waals surface area contributed by atoms with E-state index in [1.165, 1.54) is 6.92 Å². The van der Waals surface area contributed by atoms with E-state index in [-0.39, 0.29) is 22.9 Å². The molecule has 0 radical (unpaired) electrons. The fraction of sp³-hybridized carbons (Fsp3) is 0.154. The zero-order valence-corrected chi connectivity index (χ0v) is 20.5. The molecule has 2 amide bonds. The van der Waals surface area contributed by atoms with Crippen LogP contribution in [0.5, 0.6) is 0 Å². The highest BCUT2D eigenvalue weighted by atomic mass is 35.5. The van der Waals surface area contributed by atoms with Crippen molar-refractivity contribution >= 4 is 44.0 Å². The first-order chi connectivity index (χ1) is 16.1. The number of sulfonamides is 1. The van der Waals surface area contributed by atoms with Gasteiger partial charge in [-0.25, -0.2) is 12.7 Å². The van der Waals surface area contributed by atoms with Gasteiger partial charge in [0.1, 0.15) is 4.91 Å². The second-order valence-corrected chi connectivity index (χ2v) is 10.4. The normalized spacial score (nSPS) is 15.1. The van der Waals surface area contributed by atoms with Crippen molar-refractivity contribution < 1.29 is 18.0 Å². The molecule has 0 fully saturated rings. The molecule has 8 heteroatoms. The van der Waals surface area contributed by atoms with Gasteiger partial charge in [-0.15, -0.1) is 0 Å². The Morgan fingerprint density at radius 2 is 1.62 bits per heavy atom. The van der Waals surface area contributed by atoms with Crippen molar-refractivity contribution in [2.75, 3.05) is 5.32 Å². The Labute approximate surface area is 203 Å². The summed E-state index contributed by atoms with van der Waals surface area (Å²) in [6.07, 6.45) is 0. The number of carbonyl (C=O) groups excluding carboxylic acids is 2. The minimum Gasteiger partial charge on any atom is -0.321 e. The molecule has 1 heterocycles. The van der Waals surface area contributed by atoms with E-state index < -0.39 is 15.9 Å². The maximum absolute atomic E-state index is 13.3. The topological polar surface area (TPSA) is 83.6 Å². The maximum Gasteiger partial charge on any atom is 0.268 e. The average molecular weight is 495 g/mol. The first kappa shape index (κ1) is 23.7. The molecule has 0 saturated carbocycles. The van der Waals surface area contributed by atoms with Crippen LogP contribution in [0.2, 0.25) is 5.02 Å². The Kier molecular flexibility index (Phi) is 6.34. The van der Waals surface area contributed by atoms with Gasteiger partial charge in [0.25, 0.3) is 21.8 Å². The molecule has 0 unspecified atom stereocenters. The standard InChI is InChI=1S/C26H23ClN2O4S/c1-16-8-11-21(14-17(16)2)24-18(3)26(31)29(34(24,32)33)15-19-9-12-20(13-10-19)25(30)28-23-7-5-4-6-22(23)27/h4-14H,15H2,1-3H3,(H,28,30). The van der Waals surface area contributed by atoms with Crippen molar-refractivity contribution in [3.8, 4) is 0 Å². The van der Waals surface area contributed by atoms with Crippen LogP contribution in [0.3, 0.4) is 0 Å². The first-order valence-electron chi connectivity index (χ1n) is 10.6. The molecule has 1 aliphatic rings. The molecule has 4 rings (SSSR count). The van der Waals surface area contributed by atoms with E-state index in [9.17, 15) is 18.0 Å². The van der Waals surface area contributed by atoms with Gasteiger partial charge in [0.2, 0.25) is 0 Å². The minimum absolute atomic E-state index is 0.0383. The van der Waals surface area contributed by atoms with E-state index in [1.807, 2.05) is 19.9 Å². The molecule has 1 N–H and O–H groups in total. The lowest BCUT2D eigenvalue weighted by Crippen LogP contribution is -2.30. The zero-order valence-electron chi connectivity index (χ0n) is 18.9. The summed E-state index contributed by atoms with van der Waals surface area (Å²) in [6.45, 7) is 5.25. The van der Waals surface area contributed by atoms with Crippen molar-refractivity contribution in [1.29, 1.82) is 0 Å². The summed E-state index contributed by atoms with van der Waals surface area (Å²) in [6, 6.07) is 18.7. The van der Waals surface area contributed by atoms with E-state index in [0.717, 1.165) is 15.4 Å². The fourth-order valence-electron chi connectivity index (χ4n) is 3.79. The predicted octanol–water partition coefficient (Wildman–Crippen LogP) is 5.31. The number of para-hydroxylation sites is 1. The lowest BCUT2D eigenvalue weighted by molar-refractivity contribution is -0.122. The van der Waals surface area contributed by atoms with Crippen molar-refractivity contribution in [3.05, 3.63) is 105 Å². The Balaban J connectivity index is 1.54. The third-order valence-electron chi connectivity index (χ3n) is 5.87. The summed E-state index contributed by atoms with van der Waals surface area (Å²) in [4.78, 5) is 25.5. The highest BCUT2D eigenvalue weighted by Crippen LogP contribution is 2.37. The SMILES string of the molecule is CC1=C(c2ccc(C)c(C)c2)S(=O)(=O)N(Cc2ccc(C(=O)Nc3ccccc3Cl)cc2)C1=O. The van der Waals surface area contributed by atoms with Gasteiger partial charge < -0.3 is 5.32 Å². The quantitative estimate of drug-likeness (QED) is 0.520. The van der Waals surface area contributed by atoms with Gasteiger partial charge in [-0.05, 0) is 67.3 Å². The summed E-state index contributed by atoms with van der Waals surface area (Å²) in [5, 5.41) is 3.16. The number of nitrogens with one attached hydrogen (secondary N) is 1. The third-order valence-corrected chi connectivity index (χ3v) is 8.13. The Hall–Kier alpha value is -3.42. The number of hydrogen-bond acceptors (Lipinski definition) is 4. The molecule has 0 aromatic heterocycles. The van der Waals surface area contributed by atoms with Gasteiger partial charge >= 0.3 is 0 Å². The summed E-state index contributed by atoms with van der Waals surface area (Å²) in [7, 11) is -4.01. The van der Waals surface area contributed by atoms with Crippen molar-refractivity contribution in [3.63, 3.8) is 0 Å². The largest absolute Gasteiger partial charge is 0.321 e. The molecule has 0 bridgehead atoms. The molecule has 3 aromatic rings. The van der Waals surface area contributed by atoms with Crippen molar-refractivity contribution in [2.24, 2.45) is 0 Å². The maximum atomic E-state index is 13.3. The van der Waals surface area contributed by atoms with E-state index in [4.69, 9.17) is 11.6 Å². The molecule has 0 spiro atoms. The summed E-state index contributed by atoms with van der Waals surface area (Å²) < 4.78 is 27.5. The number of carbonyl (C=O) groups is 2. The molecule has 0 saturated heterocycles. The van der Waals surface area contributed by atoms with E-state index in [0.29, 0.717) is 27.4 Å². The molecule has 174 valence electrons. The van der Waals surface area contributed by atoms with Crippen LogP contribution in [0.4, 0.5) is 5.69 Å². The zero-order chi connectivity index (χ0) is 24.6. The Morgan fingerprint density at radius 3 is 2.26 bits per heavy atom. The Morgan fingerprint density at radius 1 is 0.941 bits per heavy atom. The smallest absolute Gasteiger partial charge is 0.268 e. The van der Waals surface area contributed by atoms with Crippen molar-refractivity contribution in [1.82, 2.24) is 4.31 Å². The van der Waals surface area contributed by atoms with E-state index >= 15 is 0 Å². The minimum atomic E-state index is -4.01. The van der Waals surface area contributed by atoms with Gasteiger partial charge in [-0.2, -0.15) is 0 Å². The fourth-order valence-corrected chi connectivity index (χ4v) is 5.76. The van der Waals surface area contributed by atoms with Gasteiger partial charge in [0, 0.05) is 11.1 Å².